The van der Waals surface area contributed by atoms with Crippen LogP contribution in [-0.4, -0.2) is 42.9 Å². The van der Waals surface area contributed by atoms with Gasteiger partial charge in [0, 0.05) is 19.1 Å². The molecule has 1 saturated carbocycles. The average Bonchev–Trinajstić information content (AvgIpc) is 3.41. The van der Waals surface area contributed by atoms with Gasteiger partial charge in [-0.25, -0.2) is 0 Å². The first kappa shape index (κ1) is 30.9. The summed E-state index contributed by atoms with van der Waals surface area (Å²) in [6.45, 7) is 14.3. The van der Waals surface area contributed by atoms with Crippen molar-refractivity contribution in [1.29, 1.82) is 0 Å². The van der Waals surface area contributed by atoms with Crippen LogP contribution in [0.25, 0.3) is 0 Å². The maximum atomic E-state index is 12.7. The molecule has 0 N–H and O–H groups in total. The molecule has 1 atom stereocenters. The van der Waals surface area contributed by atoms with E-state index in [-0.39, 0.29) is 5.91 Å². The van der Waals surface area contributed by atoms with Crippen molar-refractivity contribution < 1.29 is 4.79 Å². The molecule has 1 unspecified atom stereocenters. The molecule has 0 spiro atoms. The lowest BCUT2D eigenvalue weighted by atomic mass is 9.83. The fourth-order valence-electron chi connectivity index (χ4n) is 3.91. The molecule has 1 amide bonds. The van der Waals surface area contributed by atoms with Crippen LogP contribution >= 0.6 is 0 Å². The number of carbonyl (C=O) groups excluding carboxylic acids is 1. The van der Waals surface area contributed by atoms with Crippen LogP contribution in [0.3, 0.4) is 0 Å². The Morgan fingerprint density at radius 1 is 0.818 bits per heavy atom. The lowest BCUT2D eigenvalue weighted by Gasteiger charge is -2.33. The summed E-state index contributed by atoms with van der Waals surface area (Å²) in [4.78, 5) is 16.9. The summed E-state index contributed by atoms with van der Waals surface area (Å²) in [7, 11) is 6.15. The van der Waals surface area contributed by atoms with Gasteiger partial charge in [0.1, 0.15) is 0 Å². The molecular formula is C30H50N2O. The zero-order valence-corrected chi connectivity index (χ0v) is 23.1. The van der Waals surface area contributed by atoms with Crippen LogP contribution in [0.4, 0.5) is 0 Å². The fraction of sp³-hybridized carbons (Fsp3) is 0.567. The zero-order chi connectivity index (χ0) is 25.4. The third-order valence-corrected chi connectivity index (χ3v) is 6.28. The van der Waals surface area contributed by atoms with Gasteiger partial charge >= 0.3 is 0 Å². The minimum Gasteiger partial charge on any atom is -0.342 e. The van der Waals surface area contributed by atoms with Crippen LogP contribution in [0.2, 0.25) is 0 Å². The Kier molecular flexibility index (Phi) is 15.4. The molecule has 1 fully saturated rings. The first-order valence-corrected chi connectivity index (χ1v) is 12.8. The van der Waals surface area contributed by atoms with Crippen LogP contribution in [-0.2, 0) is 10.2 Å². The van der Waals surface area contributed by atoms with Crippen LogP contribution < -0.4 is 0 Å². The van der Waals surface area contributed by atoms with Gasteiger partial charge in [-0.15, -0.1) is 0 Å². The first-order valence-electron chi connectivity index (χ1n) is 12.8. The summed E-state index contributed by atoms with van der Waals surface area (Å²) in [5, 5.41) is 0. The summed E-state index contributed by atoms with van der Waals surface area (Å²) in [5.74, 6) is 0.237. The van der Waals surface area contributed by atoms with Gasteiger partial charge < -0.3 is 9.80 Å². The highest BCUT2D eigenvalue weighted by molar-refractivity contribution is 5.87. The summed E-state index contributed by atoms with van der Waals surface area (Å²) in [5.41, 5.74) is 2.04. The molecule has 186 valence electrons. The van der Waals surface area contributed by atoms with Gasteiger partial charge in [0.25, 0.3) is 0 Å². The summed E-state index contributed by atoms with van der Waals surface area (Å²) >= 11 is 0. The van der Waals surface area contributed by atoms with E-state index in [9.17, 15) is 4.79 Å². The van der Waals surface area contributed by atoms with E-state index < -0.39 is 5.41 Å². The van der Waals surface area contributed by atoms with Crippen molar-refractivity contribution in [3.8, 4) is 0 Å². The molecule has 1 aliphatic carbocycles. The molecule has 1 aliphatic rings. The third kappa shape index (κ3) is 9.71. The number of rotatable bonds is 5. The molecular weight excluding hydrogens is 404 g/mol. The zero-order valence-electron chi connectivity index (χ0n) is 23.1. The van der Waals surface area contributed by atoms with Gasteiger partial charge in [-0.3, -0.25) is 4.79 Å². The standard InChI is InChI=1S/C16H23NO.C10H15N.2C2H6/c1-16(2,13-9-5-4-6-10-13)15(18)17(3)14-11-7-8-12-14;1-9(11(2)3)10-7-5-4-6-8-10;2*1-2/h4-6,9-10,14H,7-8,11-12H2,1-3H3;4-9H,1-3H3;2*1-2H3. The number of benzene rings is 2. The molecule has 0 bridgehead atoms. The topological polar surface area (TPSA) is 23.6 Å². The van der Waals surface area contributed by atoms with Gasteiger partial charge in [0.05, 0.1) is 5.41 Å². The minimum atomic E-state index is -0.432. The Balaban J connectivity index is 0.000000586. The molecule has 3 heteroatoms. The van der Waals surface area contributed by atoms with E-state index in [0.29, 0.717) is 12.1 Å². The predicted octanol–water partition coefficient (Wildman–Crippen LogP) is 7.73. The van der Waals surface area contributed by atoms with Crippen molar-refractivity contribution in [3.05, 3.63) is 71.8 Å². The number of hydrogen-bond donors (Lipinski definition) is 0. The van der Waals surface area contributed by atoms with Crippen molar-refractivity contribution in [2.75, 3.05) is 21.1 Å². The average molecular weight is 455 g/mol. The van der Waals surface area contributed by atoms with Crippen LogP contribution in [0.15, 0.2) is 60.7 Å². The van der Waals surface area contributed by atoms with Crippen LogP contribution in [0.1, 0.15) is 91.3 Å². The molecule has 0 radical (unpaired) electrons. The predicted molar refractivity (Wildman–Crippen MR) is 146 cm³/mol. The first-order chi connectivity index (χ1) is 15.7. The maximum Gasteiger partial charge on any atom is 0.232 e. The Hall–Kier alpha value is -2.13. The highest BCUT2D eigenvalue weighted by atomic mass is 16.2. The second-order valence-corrected chi connectivity index (χ2v) is 8.90. The largest absolute Gasteiger partial charge is 0.342 e. The summed E-state index contributed by atoms with van der Waals surface area (Å²) < 4.78 is 0. The quantitative estimate of drug-likeness (QED) is 0.461. The number of likely N-dealkylation sites (N-methyl/N-ethyl adjacent to an activating group) is 1. The molecule has 3 rings (SSSR count). The van der Waals surface area contributed by atoms with E-state index in [2.05, 4.69) is 50.2 Å². The number of nitrogens with zero attached hydrogens (tertiary/aromatic N) is 2. The highest BCUT2D eigenvalue weighted by Gasteiger charge is 2.35. The highest BCUT2D eigenvalue weighted by Crippen LogP contribution is 2.29. The van der Waals surface area contributed by atoms with Crippen molar-refractivity contribution in [3.63, 3.8) is 0 Å². The Labute approximate surface area is 205 Å². The molecule has 2 aromatic carbocycles. The smallest absolute Gasteiger partial charge is 0.232 e. The minimum absolute atomic E-state index is 0.237. The van der Waals surface area contributed by atoms with E-state index in [4.69, 9.17) is 0 Å². The SMILES string of the molecule is CC.CC.CC(c1ccccc1)N(C)C.CN(C(=O)C(C)(C)c1ccccc1)C1CCCC1. The van der Waals surface area contributed by atoms with Crippen molar-refractivity contribution in [1.82, 2.24) is 9.80 Å². The van der Waals surface area contributed by atoms with Gasteiger partial charge in [0.2, 0.25) is 5.91 Å². The monoisotopic (exact) mass is 454 g/mol. The lowest BCUT2D eigenvalue weighted by molar-refractivity contribution is -0.137. The van der Waals surface area contributed by atoms with Gasteiger partial charge in [0.15, 0.2) is 0 Å². The molecule has 33 heavy (non-hydrogen) atoms. The Morgan fingerprint density at radius 3 is 1.67 bits per heavy atom. The van der Waals surface area contributed by atoms with E-state index in [1.807, 2.05) is 89.9 Å². The summed E-state index contributed by atoms with van der Waals surface area (Å²) in [6, 6.07) is 21.5. The van der Waals surface area contributed by atoms with Crippen LogP contribution in [0, 0.1) is 0 Å². The molecule has 2 aromatic rings. The van der Waals surface area contributed by atoms with Crippen molar-refractivity contribution in [2.24, 2.45) is 0 Å². The normalized spacial score (nSPS) is 14.0. The van der Waals surface area contributed by atoms with E-state index in [1.54, 1.807) is 0 Å². The molecule has 3 nitrogen and oxygen atoms in total. The van der Waals surface area contributed by atoms with Crippen molar-refractivity contribution >= 4 is 5.91 Å². The Morgan fingerprint density at radius 2 is 1.24 bits per heavy atom. The van der Waals surface area contributed by atoms with Gasteiger partial charge in [-0.05, 0) is 58.8 Å². The van der Waals surface area contributed by atoms with Gasteiger partial charge in [-0.2, -0.15) is 0 Å². The maximum absolute atomic E-state index is 12.7. The second-order valence-electron chi connectivity index (χ2n) is 8.90. The number of hydrogen-bond acceptors (Lipinski definition) is 2. The van der Waals surface area contributed by atoms with Gasteiger partial charge in [-0.1, -0.05) is 101 Å². The Bertz CT molecular complexity index is 734. The lowest BCUT2D eigenvalue weighted by Crippen LogP contribution is -2.45. The van der Waals surface area contributed by atoms with Crippen molar-refractivity contribution in [2.45, 2.75) is 91.6 Å². The number of amides is 1. The van der Waals surface area contributed by atoms with E-state index in [1.165, 1.54) is 18.4 Å². The second kappa shape index (κ2) is 16.5. The van der Waals surface area contributed by atoms with E-state index in [0.717, 1.165) is 18.4 Å². The van der Waals surface area contributed by atoms with E-state index >= 15 is 0 Å². The third-order valence-electron chi connectivity index (χ3n) is 6.28. The summed E-state index contributed by atoms with van der Waals surface area (Å²) in [6.07, 6.45) is 4.84. The fourth-order valence-corrected chi connectivity index (χ4v) is 3.91. The molecule has 0 heterocycles. The molecule has 0 aliphatic heterocycles. The molecule has 0 saturated heterocycles. The van der Waals surface area contributed by atoms with Crippen LogP contribution in [0.5, 0.6) is 0 Å². The number of carbonyl (C=O) groups is 1. The molecule has 0 aromatic heterocycles.